The summed E-state index contributed by atoms with van der Waals surface area (Å²) in [6.07, 6.45) is 0.250. The van der Waals surface area contributed by atoms with Gasteiger partial charge in [0.2, 0.25) is 0 Å². The number of carbonyl (C=O) groups is 1. The molecule has 3 aromatic rings. The minimum absolute atomic E-state index is 0.0134. The predicted octanol–water partition coefficient (Wildman–Crippen LogP) is 6.82. The number of aromatic nitrogens is 2. The maximum Gasteiger partial charge on any atom is 0.573 e. The van der Waals surface area contributed by atoms with E-state index >= 15 is 0 Å². The first-order chi connectivity index (χ1) is 19.1. The Kier molecular flexibility index (Phi) is 11.5. The maximum absolute atomic E-state index is 14.0. The second kappa shape index (κ2) is 14.6. The molecule has 218 valence electrons. The van der Waals surface area contributed by atoms with Crippen molar-refractivity contribution in [2.24, 2.45) is 10.9 Å². The van der Waals surface area contributed by atoms with Crippen LogP contribution in [0.5, 0.6) is 11.5 Å². The number of fused-ring (bicyclic) bond motifs is 1. The van der Waals surface area contributed by atoms with Gasteiger partial charge in [-0.1, -0.05) is 22.6 Å². The highest BCUT2D eigenvalue weighted by atomic mass is 31.0. The Morgan fingerprint density at radius 1 is 1.18 bits per heavy atom. The summed E-state index contributed by atoms with van der Waals surface area (Å²) in [5.41, 5.74) is 2.42. The third kappa shape index (κ3) is 8.73. The number of methoxy groups -OCH3 is 2. The molecule has 1 aromatic heterocycles. The molecule has 0 saturated heterocycles. The van der Waals surface area contributed by atoms with E-state index in [0.717, 1.165) is 59.4 Å². The second-order valence-electron chi connectivity index (χ2n) is 9.35. The highest BCUT2D eigenvalue weighted by Gasteiger charge is 2.32. The van der Waals surface area contributed by atoms with E-state index in [1.54, 1.807) is 14.2 Å². The minimum atomic E-state index is -5.01. The lowest BCUT2D eigenvalue weighted by Crippen LogP contribution is -2.18. The molecule has 2 aromatic carbocycles. The molecule has 0 fully saturated rings. The molecular weight excluding hydrogens is 549 g/mol. The van der Waals surface area contributed by atoms with Crippen molar-refractivity contribution in [2.75, 3.05) is 27.4 Å². The third-order valence-electron chi connectivity index (χ3n) is 6.38. The van der Waals surface area contributed by atoms with Crippen LogP contribution in [0.1, 0.15) is 54.9 Å². The number of ether oxygens (including phenoxy) is 3. The number of Topliss-reactive ketones (excluding diaryl/α,β-unsaturated/α-hetero) is 1. The van der Waals surface area contributed by atoms with Gasteiger partial charge >= 0.3 is 6.36 Å². The number of benzene rings is 2. The van der Waals surface area contributed by atoms with Crippen molar-refractivity contribution < 1.29 is 36.6 Å². The summed E-state index contributed by atoms with van der Waals surface area (Å²) in [6.45, 7) is 3.78. The van der Waals surface area contributed by atoms with Crippen LogP contribution in [0.15, 0.2) is 41.5 Å². The van der Waals surface area contributed by atoms with Crippen LogP contribution >= 0.6 is 9.24 Å². The number of carbonyl (C=O) groups excluding carboxylic acids is 1. The Balaban J connectivity index is 1.66. The van der Waals surface area contributed by atoms with Crippen LogP contribution in [-0.2, 0) is 11.3 Å². The summed E-state index contributed by atoms with van der Waals surface area (Å²) in [6, 6.07) is 6.61. The summed E-state index contributed by atoms with van der Waals surface area (Å²) in [4.78, 5) is 17.1. The van der Waals surface area contributed by atoms with Crippen LogP contribution < -0.4 is 9.47 Å². The summed E-state index contributed by atoms with van der Waals surface area (Å²) >= 11 is 0. The summed E-state index contributed by atoms with van der Waals surface area (Å²) < 4.78 is 67.4. The van der Waals surface area contributed by atoms with Crippen LogP contribution in [0.3, 0.4) is 0 Å². The normalized spacial score (nSPS) is 13.1. The molecule has 0 N–H and O–H groups in total. The average Bonchev–Trinajstić information content (AvgIpc) is 3.31. The Morgan fingerprint density at radius 2 is 1.95 bits per heavy atom. The number of ketones is 1. The van der Waals surface area contributed by atoms with Gasteiger partial charge in [0.25, 0.3) is 0 Å². The van der Waals surface area contributed by atoms with Gasteiger partial charge in [-0.2, -0.15) is 5.10 Å². The number of alkyl halides is 3. The number of nitrogens with zero attached hydrogens (tertiary/aromatic N) is 3. The molecule has 0 amide bonds. The monoisotopic (exact) mass is 583 g/mol. The number of halogens is 4. The zero-order valence-corrected chi connectivity index (χ0v) is 23.9. The second-order valence-corrected chi connectivity index (χ2v) is 9.90. The van der Waals surface area contributed by atoms with Crippen molar-refractivity contribution in [3.63, 3.8) is 0 Å². The van der Waals surface area contributed by atoms with Crippen LogP contribution in [-0.4, -0.2) is 54.8 Å². The fourth-order valence-electron chi connectivity index (χ4n) is 4.55. The Morgan fingerprint density at radius 3 is 2.60 bits per heavy atom. The lowest BCUT2D eigenvalue weighted by molar-refractivity contribution is -0.275. The molecule has 0 saturated carbocycles. The van der Waals surface area contributed by atoms with Crippen molar-refractivity contribution in [2.45, 2.75) is 51.9 Å². The fourth-order valence-corrected chi connectivity index (χ4v) is 4.91. The average molecular weight is 584 g/mol. The fraction of sp³-hybridized carbons (Fsp3) is 0.464. The molecule has 40 heavy (non-hydrogen) atoms. The molecule has 2 unspecified atom stereocenters. The molecular formula is C28H34F4N3O4P. The molecule has 2 atom stereocenters. The van der Waals surface area contributed by atoms with E-state index in [2.05, 4.69) is 25.9 Å². The smallest absolute Gasteiger partial charge is 0.495 e. The van der Waals surface area contributed by atoms with Crippen molar-refractivity contribution >= 4 is 31.4 Å². The molecule has 0 aliphatic rings. The molecule has 0 aliphatic heterocycles. The van der Waals surface area contributed by atoms with E-state index in [4.69, 9.17) is 14.6 Å². The van der Waals surface area contributed by atoms with Crippen LogP contribution in [0.25, 0.3) is 10.9 Å². The van der Waals surface area contributed by atoms with Crippen LogP contribution in [0.2, 0.25) is 0 Å². The molecule has 3 rings (SSSR count). The summed E-state index contributed by atoms with van der Waals surface area (Å²) in [5, 5.41) is 5.59. The number of rotatable bonds is 15. The van der Waals surface area contributed by atoms with Gasteiger partial charge in [0.05, 0.1) is 36.6 Å². The lowest BCUT2D eigenvalue weighted by atomic mass is 9.95. The van der Waals surface area contributed by atoms with E-state index in [9.17, 15) is 22.4 Å². The molecule has 0 radical (unpaired) electrons. The number of hydrogen-bond acceptors (Lipinski definition) is 6. The highest BCUT2D eigenvalue weighted by Crippen LogP contribution is 2.32. The van der Waals surface area contributed by atoms with E-state index in [0.29, 0.717) is 31.9 Å². The van der Waals surface area contributed by atoms with E-state index in [-0.39, 0.29) is 23.7 Å². The summed E-state index contributed by atoms with van der Waals surface area (Å²) in [5.74, 6) is -1.60. The Hall–Kier alpha value is -3.04. The zero-order valence-electron chi connectivity index (χ0n) is 22.8. The highest BCUT2D eigenvalue weighted by molar-refractivity contribution is 7.42. The van der Waals surface area contributed by atoms with Crippen LogP contribution in [0, 0.1) is 11.7 Å². The Bertz CT molecular complexity index is 1330. The topological polar surface area (TPSA) is 74.9 Å². The van der Waals surface area contributed by atoms with Gasteiger partial charge in [0.15, 0.2) is 17.3 Å². The van der Waals surface area contributed by atoms with Gasteiger partial charge in [0.1, 0.15) is 5.75 Å². The molecule has 7 nitrogen and oxygen atoms in total. The molecule has 1 heterocycles. The zero-order chi connectivity index (χ0) is 29.3. The third-order valence-corrected chi connectivity index (χ3v) is 6.88. The first-order valence-corrected chi connectivity index (χ1v) is 13.6. The molecule has 12 heteroatoms. The van der Waals surface area contributed by atoms with E-state index in [1.165, 1.54) is 0 Å². The standard InChI is InChI=1S/C28H34F4N3O4P/c1-4-6-18(7-5-8-24(36)19-9-12-25(22(29)15-19)39-28(30,31)32)16-35-17-21-23(34-35)11-10-20(26(21)38-3)27(40)33-13-14-37-2/h9-12,15,17-18H,4-8,13-14,16,40H2,1-3H3. The molecule has 0 aliphatic carbocycles. The van der Waals surface area contributed by atoms with Gasteiger partial charge in [-0.15, -0.1) is 13.2 Å². The van der Waals surface area contributed by atoms with Crippen molar-refractivity contribution in [1.82, 2.24) is 9.78 Å². The van der Waals surface area contributed by atoms with Crippen LogP contribution in [0.4, 0.5) is 17.6 Å². The molecule has 0 bridgehead atoms. The largest absolute Gasteiger partial charge is 0.573 e. The minimum Gasteiger partial charge on any atom is -0.495 e. The van der Waals surface area contributed by atoms with Gasteiger partial charge in [-0.3, -0.25) is 14.5 Å². The van der Waals surface area contributed by atoms with Gasteiger partial charge < -0.3 is 14.2 Å². The SMILES string of the molecule is CCCC(CCCC(=O)c1ccc(OC(F)(F)F)c(F)c1)Cn1cc2c(OC)c(C(P)=NCCOC)ccc2n1. The predicted molar refractivity (Wildman–Crippen MR) is 149 cm³/mol. The van der Waals surface area contributed by atoms with Crippen molar-refractivity contribution in [3.05, 3.63) is 53.5 Å². The molecule has 0 spiro atoms. The van der Waals surface area contributed by atoms with Gasteiger partial charge in [-0.05, 0) is 55.5 Å². The lowest BCUT2D eigenvalue weighted by Gasteiger charge is -2.16. The van der Waals surface area contributed by atoms with Gasteiger partial charge in [0, 0.05) is 37.4 Å². The van der Waals surface area contributed by atoms with Crippen molar-refractivity contribution in [1.29, 1.82) is 0 Å². The Labute approximate surface area is 233 Å². The maximum atomic E-state index is 14.0. The first-order valence-electron chi connectivity index (χ1n) is 13.0. The number of hydrogen-bond donors (Lipinski definition) is 0. The van der Waals surface area contributed by atoms with E-state index < -0.39 is 17.9 Å². The van der Waals surface area contributed by atoms with Gasteiger partial charge in [-0.25, -0.2) is 4.39 Å². The number of aliphatic imine (C=N–C) groups is 1. The quantitative estimate of drug-likeness (QED) is 0.0646. The summed E-state index contributed by atoms with van der Waals surface area (Å²) in [7, 11) is 5.88. The van der Waals surface area contributed by atoms with Crippen molar-refractivity contribution in [3.8, 4) is 11.5 Å². The van der Waals surface area contributed by atoms with E-state index in [1.807, 2.05) is 23.0 Å². The first kappa shape index (κ1) is 31.5.